The molecule has 0 amide bonds. The van der Waals surface area contributed by atoms with Crippen LogP contribution in [0.5, 0.6) is 5.75 Å². The first-order valence-electron chi connectivity index (χ1n) is 6.91. The number of hydrogen-bond acceptors (Lipinski definition) is 8. The molecule has 12 heteroatoms. The molecule has 0 saturated carbocycles. The van der Waals surface area contributed by atoms with E-state index in [2.05, 4.69) is 0 Å². The normalized spacial score (nSPS) is 10.5. The van der Waals surface area contributed by atoms with Crippen LogP contribution >= 0.6 is 0 Å². The SMILES string of the molecule is CC[N+](O)(CC)CC.O=[N+]([O-])c1cc([N+](=O)[O-])c(O)c([N+](=O)[O-])c1. The average Bonchev–Trinajstić information content (AvgIpc) is 2.54. The van der Waals surface area contributed by atoms with Crippen molar-refractivity contribution in [2.75, 3.05) is 19.6 Å². The van der Waals surface area contributed by atoms with Gasteiger partial charge in [0.1, 0.15) is 19.6 Å². The zero-order valence-corrected chi connectivity index (χ0v) is 13.4. The van der Waals surface area contributed by atoms with Gasteiger partial charge in [-0.1, -0.05) is 0 Å². The van der Waals surface area contributed by atoms with Gasteiger partial charge < -0.3 is 5.11 Å². The molecule has 0 aromatic heterocycles. The number of nitrogens with zero attached hydrogens (tertiary/aromatic N) is 4. The zero-order chi connectivity index (χ0) is 19.1. The molecule has 2 N–H and O–H groups in total. The van der Waals surface area contributed by atoms with Crippen LogP contribution in [-0.4, -0.2) is 49.4 Å². The number of phenolic OH excluding ortho intramolecular Hbond substituents is 1. The van der Waals surface area contributed by atoms with Gasteiger partial charge in [-0.2, -0.15) is 4.65 Å². The van der Waals surface area contributed by atoms with Gasteiger partial charge in [-0.25, -0.2) is 5.21 Å². The summed E-state index contributed by atoms with van der Waals surface area (Å²) < 4.78 is 0.208. The molecule has 0 spiro atoms. The molecule has 134 valence electrons. The first-order chi connectivity index (χ1) is 11.0. The Kier molecular flexibility index (Phi) is 7.65. The Morgan fingerprint density at radius 2 is 1.21 bits per heavy atom. The maximum Gasteiger partial charge on any atom is 0.324 e. The number of non-ortho nitro benzene ring substituents is 1. The van der Waals surface area contributed by atoms with Gasteiger partial charge in [-0.15, -0.1) is 0 Å². The summed E-state index contributed by atoms with van der Waals surface area (Å²) in [6.07, 6.45) is 0. The van der Waals surface area contributed by atoms with Gasteiger partial charge in [0.15, 0.2) is 0 Å². The first kappa shape index (κ1) is 21.1. The number of aromatic hydroxyl groups is 1. The number of rotatable bonds is 6. The van der Waals surface area contributed by atoms with Crippen LogP contribution in [0.1, 0.15) is 20.8 Å². The lowest BCUT2D eigenvalue weighted by atomic mass is 10.2. The summed E-state index contributed by atoms with van der Waals surface area (Å²) in [6.45, 7) is 8.42. The van der Waals surface area contributed by atoms with Crippen molar-refractivity contribution in [3.05, 3.63) is 42.5 Å². The summed E-state index contributed by atoms with van der Waals surface area (Å²) in [7, 11) is 0. The fourth-order valence-electron chi connectivity index (χ4n) is 1.64. The third-order valence-corrected chi connectivity index (χ3v) is 3.42. The van der Waals surface area contributed by atoms with Gasteiger partial charge in [0, 0.05) is 0 Å². The lowest BCUT2D eigenvalue weighted by Crippen LogP contribution is -2.43. The molecule has 1 aromatic carbocycles. The highest BCUT2D eigenvalue weighted by molar-refractivity contribution is 5.64. The van der Waals surface area contributed by atoms with Gasteiger partial charge in [0.2, 0.25) is 0 Å². The minimum absolute atomic E-state index is 0.208. The van der Waals surface area contributed by atoms with E-state index in [4.69, 9.17) is 5.11 Å². The zero-order valence-electron chi connectivity index (χ0n) is 13.4. The van der Waals surface area contributed by atoms with Crippen LogP contribution in [0.4, 0.5) is 17.1 Å². The molecule has 1 aromatic rings. The number of nitro benzene ring substituents is 3. The van der Waals surface area contributed by atoms with Crippen molar-refractivity contribution >= 4 is 17.1 Å². The highest BCUT2D eigenvalue weighted by Crippen LogP contribution is 2.38. The van der Waals surface area contributed by atoms with Crippen molar-refractivity contribution in [1.29, 1.82) is 0 Å². The maximum atomic E-state index is 10.4. The Hall–Kier alpha value is -2.86. The third-order valence-electron chi connectivity index (χ3n) is 3.42. The second-order valence-corrected chi connectivity index (χ2v) is 4.65. The van der Waals surface area contributed by atoms with Crippen LogP contribution in [0.15, 0.2) is 12.1 Å². The van der Waals surface area contributed by atoms with Crippen molar-refractivity contribution in [2.24, 2.45) is 0 Å². The molecule has 0 aliphatic carbocycles. The fourth-order valence-corrected chi connectivity index (χ4v) is 1.64. The minimum Gasteiger partial charge on any atom is -0.497 e. The maximum absolute atomic E-state index is 10.4. The summed E-state index contributed by atoms with van der Waals surface area (Å²) in [5.74, 6) is -1.21. The number of benzene rings is 1. The highest BCUT2D eigenvalue weighted by Gasteiger charge is 2.30. The van der Waals surface area contributed by atoms with Crippen LogP contribution in [0.25, 0.3) is 0 Å². The Balaban J connectivity index is 0.000000561. The summed E-state index contributed by atoms with van der Waals surface area (Å²) in [4.78, 5) is 27.8. The minimum atomic E-state index is -1.21. The number of hydrogen-bond donors (Lipinski definition) is 2. The van der Waals surface area contributed by atoms with Gasteiger partial charge in [-0.3, -0.25) is 30.3 Å². The van der Waals surface area contributed by atoms with Crippen molar-refractivity contribution < 1.29 is 29.7 Å². The predicted octanol–water partition coefficient (Wildman–Crippen LogP) is 2.37. The molecule has 0 radical (unpaired) electrons. The number of nitro groups is 3. The Bertz CT molecular complexity index is 586. The third kappa shape index (κ3) is 5.40. The Labute approximate surface area is 136 Å². The molecular formula is C12H19N4O8+. The molecule has 0 heterocycles. The summed E-state index contributed by atoms with van der Waals surface area (Å²) in [6, 6.07) is 0.894. The smallest absolute Gasteiger partial charge is 0.324 e. The second kappa shape index (κ2) is 8.69. The number of quaternary nitrogens is 1. The monoisotopic (exact) mass is 347 g/mol. The van der Waals surface area contributed by atoms with Crippen molar-refractivity contribution in [3.63, 3.8) is 0 Å². The van der Waals surface area contributed by atoms with Crippen LogP contribution < -0.4 is 0 Å². The molecule has 12 nitrogen and oxygen atoms in total. The molecule has 0 unspecified atom stereocenters. The molecule has 0 aliphatic rings. The predicted molar refractivity (Wildman–Crippen MR) is 81.7 cm³/mol. The van der Waals surface area contributed by atoms with E-state index in [1.807, 2.05) is 20.8 Å². The van der Waals surface area contributed by atoms with Crippen LogP contribution in [0.2, 0.25) is 0 Å². The van der Waals surface area contributed by atoms with Gasteiger partial charge in [0.05, 0.1) is 26.9 Å². The molecule has 1 rings (SSSR count). The van der Waals surface area contributed by atoms with E-state index in [1.54, 1.807) is 0 Å². The van der Waals surface area contributed by atoms with Crippen molar-refractivity contribution in [2.45, 2.75) is 20.8 Å². The standard InChI is InChI=1S/C6H3N3O7.C6H16NO/c10-6-4(8(13)14)1-3(7(11)12)2-5(6)9(15)16;1-4-7(8,5-2)6-3/h1-2,10H;8H,4-6H2,1-3H3/q;+1. The molecule has 0 aliphatic heterocycles. The van der Waals surface area contributed by atoms with Crippen molar-refractivity contribution in [1.82, 2.24) is 0 Å². The lowest BCUT2D eigenvalue weighted by molar-refractivity contribution is -1.10. The summed E-state index contributed by atoms with van der Waals surface area (Å²) >= 11 is 0. The van der Waals surface area contributed by atoms with Crippen LogP contribution in [0, 0.1) is 30.3 Å². The molecule has 24 heavy (non-hydrogen) atoms. The van der Waals surface area contributed by atoms with Crippen LogP contribution in [-0.2, 0) is 0 Å². The van der Waals surface area contributed by atoms with E-state index in [-0.39, 0.29) is 4.65 Å². The molecule has 0 saturated heterocycles. The number of phenols is 1. The highest BCUT2D eigenvalue weighted by atomic mass is 16.6. The Morgan fingerprint density at radius 1 is 0.875 bits per heavy atom. The van der Waals surface area contributed by atoms with Crippen molar-refractivity contribution in [3.8, 4) is 5.75 Å². The molecule has 0 atom stereocenters. The summed E-state index contributed by atoms with van der Waals surface area (Å²) in [5.41, 5.74) is -3.00. The number of hydroxylamine groups is 3. The first-order valence-corrected chi connectivity index (χ1v) is 6.91. The Morgan fingerprint density at radius 3 is 1.38 bits per heavy atom. The van der Waals surface area contributed by atoms with E-state index in [1.165, 1.54) is 0 Å². The van der Waals surface area contributed by atoms with E-state index in [9.17, 15) is 35.6 Å². The van der Waals surface area contributed by atoms with E-state index in [0.717, 1.165) is 19.6 Å². The largest absolute Gasteiger partial charge is 0.497 e. The van der Waals surface area contributed by atoms with E-state index < -0.39 is 37.6 Å². The topological polar surface area (TPSA) is 170 Å². The van der Waals surface area contributed by atoms with Gasteiger partial charge in [-0.05, 0) is 20.8 Å². The summed E-state index contributed by atoms with van der Waals surface area (Å²) in [5, 5.41) is 49.6. The lowest BCUT2D eigenvalue weighted by Gasteiger charge is -2.25. The average molecular weight is 347 g/mol. The van der Waals surface area contributed by atoms with E-state index >= 15 is 0 Å². The van der Waals surface area contributed by atoms with E-state index in [0.29, 0.717) is 12.1 Å². The second-order valence-electron chi connectivity index (χ2n) is 4.65. The van der Waals surface area contributed by atoms with Crippen LogP contribution in [0.3, 0.4) is 0 Å². The van der Waals surface area contributed by atoms with Gasteiger partial charge >= 0.3 is 11.4 Å². The molecule has 0 bridgehead atoms. The fraction of sp³-hybridized carbons (Fsp3) is 0.500. The molecular weight excluding hydrogens is 328 g/mol. The quantitative estimate of drug-likeness (QED) is 0.448. The molecule has 0 fully saturated rings. The van der Waals surface area contributed by atoms with Gasteiger partial charge in [0.25, 0.3) is 11.4 Å².